The number of nitrogens with zero attached hydrogens (tertiary/aromatic N) is 2. The molecule has 5 heteroatoms. The van der Waals surface area contributed by atoms with Gasteiger partial charge in [-0.25, -0.2) is 0 Å². The van der Waals surface area contributed by atoms with Crippen LogP contribution in [0.4, 0.5) is 0 Å². The third-order valence-corrected chi connectivity index (χ3v) is 3.56. The molecule has 1 aromatic carbocycles. The number of nitrogens with one attached hydrogen (secondary N) is 2. The largest absolute Gasteiger partial charge is 0.336 e. The van der Waals surface area contributed by atoms with Gasteiger partial charge in [0.05, 0.1) is 5.52 Å². The van der Waals surface area contributed by atoms with Crippen LogP contribution in [0.25, 0.3) is 10.9 Å². The standard InChI is InChI=1S/C13H16N4O/c1-14-9-6-7-17(8-9)13(18)12-10-4-2-3-5-11(10)15-16-12/h2-5,9,14H,6-8H2,1H3,(H,15,16). The van der Waals surface area contributed by atoms with E-state index in [1.54, 1.807) is 0 Å². The van der Waals surface area contributed by atoms with Crippen molar-refractivity contribution < 1.29 is 4.79 Å². The van der Waals surface area contributed by atoms with Crippen LogP contribution in [-0.4, -0.2) is 47.2 Å². The summed E-state index contributed by atoms with van der Waals surface area (Å²) in [6.45, 7) is 1.56. The van der Waals surface area contributed by atoms with Crippen molar-refractivity contribution in [2.45, 2.75) is 12.5 Å². The first-order chi connectivity index (χ1) is 8.79. The van der Waals surface area contributed by atoms with Gasteiger partial charge >= 0.3 is 0 Å². The van der Waals surface area contributed by atoms with Crippen molar-refractivity contribution >= 4 is 16.8 Å². The Morgan fingerprint density at radius 3 is 3.11 bits per heavy atom. The molecule has 1 unspecified atom stereocenters. The summed E-state index contributed by atoms with van der Waals surface area (Å²) in [6, 6.07) is 8.12. The maximum absolute atomic E-state index is 12.4. The number of likely N-dealkylation sites (N-methyl/N-ethyl adjacent to an activating group) is 1. The number of aromatic nitrogens is 2. The van der Waals surface area contributed by atoms with Crippen molar-refractivity contribution in [1.82, 2.24) is 20.4 Å². The second kappa shape index (κ2) is 4.42. The van der Waals surface area contributed by atoms with Gasteiger partial charge < -0.3 is 10.2 Å². The second-order valence-corrected chi connectivity index (χ2v) is 4.64. The summed E-state index contributed by atoms with van der Waals surface area (Å²) in [6.07, 6.45) is 1.00. The van der Waals surface area contributed by atoms with Crippen molar-refractivity contribution in [3.8, 4) is 0 Å². The highest BCUT2D eigenvalue weighted by Gasteiger charge is 2.28. The highest BCUT2D eigenvalue weighted by atomic mass is 16.2. The lowest BCUT2D eigenvalue weighted by Crippen LogP contribution is -2.33. The van der Waals surface area contributed by atoms with Crippen LogP contribution < -0.4 is 5.32 Å². The van der Waals surface area contributed by atoms with Crippen LogP contribution in [-0.2, 0) is 0 Å². The second-order valence-electron chi connectivity index (χ2n) is 4.64. The van der Waals surface area contributed by atoms with Gasteiger partial charge in [-0.1, -0.05) is 18.2 Å². The van der Waals surface area contributed by atoms with E-state index in [0.717, 1.165) is 30.4 Å². The van der Waals surface area contributed by atoms with Crippen LogP contribution in [0.1, 0.15) is 16.9 Å². The smallest absolute Gasteiger partial charge is 0.275 e. The van der Waals surface area contributed by atoms with Crippen LogP contribution in [0.3, 0.4) is 0 Å². The van der Waals surface area contributed by atoms with Crippen LogP contribution >= 0.6 is 0 Å². The van der Waals surface area contributed by atoms with Crippen LogP contribution in [0.5, 0.6) is 0 Å². The van der Waals surface area contributed by atoms with E-state index in [1.165, 1.54) is 0 Å². The molecule has 0 spiro atoms. The van der Waals surface area contributed by atoms with Gasteiger partial charge in [-0.15, -0.1) is 0 Å². The Kier molecular flexibility index (Phi) is 2.76. The fourth-order valence-corrected chi connectivity index (χ4v) is 2.46. The molecule has 0 radical (unpaired) electrons. The van der Waals surface area contributed by atoms with Gasteiger partial charge in [-0.3, -0.25) is 9.89 Å². The first kappa shape index (κ1) is 11.2. The van der Waals surface area contributed by atoms with E-state index in [9.17, 15) is 4.79 Å². The average molecular weight is 244 g/mol. The molecule has 18 heavy (non-hydrogen) atoms. The van der Waals surface area contributed by atoms with Gasteiger partial charge in [0.2, 0.25) is 0 Å². The van der Waals surface area contributed by atoms with E-state index in [1.807, 2.05) is 36.2 Å². The molecule has 1 saturated heterocycles. The number of aromatic amines is 1. The summed E-state index contributed by atoms with van der Waals surface area (Å²) in [5.41, 5.74) is 1.44. The molecule has 1 aliphatic rings. The molecular formula is C13H16N4O. The maximum Gasteiger partial charge on any atom is 0.275 e. The minimum absolute atomic E-state index is 0.0187. The molecule has 2 aromatic rings. The third kappa shape index (κ3) is 1.76. The number of amides is 1. The summed E-state index contributed by atoms with van der Waals surface area (Å²) in [5.74, 6) is 0.0187. The molecule has 94 valence electrons. The van der Waals surface area contributed by atoms with E-state index in [4.69, 9.17) is 0 Å². The van der Waals surface area contributed by atoms with Crippen LogP contribution in [0.2, 0.25) is 0 Å². The molecule has 0 aliphatic carbocycles. The van der Waals surface area contributed by atoms with Crippen molar-refractivity contribution in [3.05, 3.63) is 30.0 Å². The molecule has 3 rings (SSSR count). The summed E-state index contributed by atoms with van der Waals surface area (Å²) < 4.78 is 0. The zero-order chi connectivity index (χ0) is 12.5. The number of para-hydroxylation sites is 1. The Bertz CT molecular complexity index is 577. The molecule has 1 fully saturated rings. The third-order valence-electron chi connectivity index (χ3n) is 3.56. The molecule has 1 amide bonds. The Morgan fingerprint density at radius 2 is 2.33 bits per heavy atom. The summed E-state index contributed by atoms with van der Waals surface area (Å²) in [7, 11) is 1.93. The summed E-state index contributed by atoms with van der Waals surface area (Å²) >= 11 is 0. The lowest BCUT2D eigenvalue weighted by Gasteiger charge is -2.15. The first-order valence-corrected chi connectivity index (χ1v) is 6.19. The van der Waals surface area contributed by atoms with Gasteiger partial charge in [-0.05, 0) is 19.5 Å². The van der Waals surface area contributed by atoms with Gasteiger partial charge in [0.15, 0.2) is 5.69 Å². The van der Waals surface area contributed by atoms with Crippen molar-refractivity contribution in [1.29, 1.82) is 0 Å². The van der Waals surface area contributed by atoms with E-state index in [2.05, 4.69) is 15.5 Å². The van der Waals surface area contributed by atoms with Crippen molar-refractivity contribution in [2.75, 3.05) is 20.1 Å². The Labute approximate surface area is 105 Å². The maximum atomic E-state index is 12.4. The number of likely N-dealkylation sites (tertiary alicyclic amines) is 1. The quantitative estimate of drug-likeness (QED) is 0.828. The minimum atomic E-state index is 0.0187. The predicted octanol–water partition coefficient (Wildman–Crippen LogP) is 0.997. The van der Waals surface area contributed by atoms with E-state index in [-0.39, 0.29) is 5.91 Å². The van der Waals surface area contributed by atoms with Gasteiger partial charge in [0.25, 0.3) is 5.91 Å². The molecule has 1 aliphatic heterocycles. The monoisotopic (exact) mass is 244 g/mol. The zero-order valence-electron chi connectivity index (χ0n) is 10.3. The number of carbonyl (C=O) groups excluding carboxylic acids is 1. The number of benzene rings is 1. The average Bonchev–Trinajstić information content (AvgIpc) is 3.04. The van der Waals surface area contributed by atoms with Gasteiger partial charge in [0.1, 0.15) is 0 Å². The molecule has 5 nitrogen and oxygen atoms in total. The van der Waals surface area contributed by atoms with Crippen molar-refractivity contribution in [2.24, 2.45) is 0 Å². The molecule has 0 bridgehead atoms. The van der Waals surface area contributed by atoms with E-state index >= 15 is 0 Å². The minimum Gasteiger partial charge on any atom is -0.336 e. The Hall–Kier alpha value is -1.88. The highest BCUT2D eigenvalue weighted by Crippen LogP contribution is 2.19. The normalized spacial score (nSPS) is 19.6. The van der Waals surface area contributed by atoms with Crippen LogP contribution in [0, 0.1) is 0 Å². The Balaban J connectivity index is 1.89. The molecule has 1 atom stereocenters. The molecule has 1 aromatic heterocycles. The summed E-state index contributed by atoms with van der Waals surface area (Å²) in [5, 5.41) is 11.2. The van der Waals surface area contributed by atoms with E-state index in [0.29, 0.717) is 11.7 Å². The lowest BCUT2D eigenvalue weighted by molar-refractivity contribution is 0.0786. The topological polar surface area (TPSA) is 61.0 Å². The number of carbonyl (C=O) groups is 1. The lowest BCUT2D eigenvalue weighted by atomic mass is 10.2. The summed E-state index contributed by atoms with van der Waals surface area (Å²) in [4.78, 5) is 14.3. The molecule has 2 N–H and O–H groups in total. The van der Waals surface area contributed by atoms with Gasteiger partial charge in [0, 0.05) is 24.5 Å². The van der Waals surface area contributed by atoms with Crippen LogP contribution in [0.15, 0.2) is 24.3 Å². The number of hydrogen-bond acceptors (Lipinski definition) is 3. The first-order valence-electron chi connectivity index (χ1n) is 6.19. The SMILES string of the molecule is CNC1CCN(C(=O)c2n[nH]c3ccccc23)C1. The number of fused-ring (bicyclic) bond motifs is 1. The molecular weight excluding hydrogens is 228 g/mol. The number of H-pyrrole nitrogens is 1. The predicted molar refractivity (Wildman–Crippen MR) is 69.5 cm³/mol. The number of rotatable bonds is 2. The van der Waals surface area contributed by atoms with E-state index < -0.39 is 0 Å². The number of hydrogen-bond donors (Lipinski definition) is 2. The Morgan fingerprint density at radius 1 is 1.50 bits per heavy atom. The molecule has 2 heterocycles. The highest BCUT2D eigenvalue weighted by molar-refractivity contribution is 6.04. The molecule has 0 saturated carbocycles. The zero-order valence-corrected chi connectivity index (χ0v) is 10.3. The van der Waals surface area contributed by atoms with Crippen molar-refractivity contribution in [3.63, 3.8) is 0 Å². The fraction of sp³-hybridized carbons (Fsp3) is 0.385. The fourth-order valence-electron chi connectivity index (χ4n) is 2.46. The van der Waals surface area contributed by atoms with Gasteiger partial charge in [-0.2, -0.15) is 5.10 Å².